The highest BCUT2D eigenvalue weighted by Gasteiger charge is 2.06. The summed E-state index contributed by atoms with van der Waals surface area (Å²) in [5, 5.41) is 6.09. The fourth-order valence-electron chi connectivity index (χ4n) is 1.90. The van der Waals surface area contributed by atoms with Gasteiger partial charge in [0.25, 0.3) is 5.91 Å². The van der Waals surface area contributed by atoms with E-state index in [0.29, 0.717) is 11.3 Å². The lowest BCUT2D eigenvalue weighted by Crippen LogP contribution is -2.16. The Balaban J connectivity index is 1.96. The van der Waals surface area contributed by atoms with E-state index in [1.807, 2.05) is 24.3 Å². The van der Waals surface area contributed by atoms with Crippen LogP contribution in [0.1, 0.15) is 29.3 Å². The largest absolute Gasteiger partial charge is 0.329 e. The number of pyridine rings is 1. The number of aromatic amines is 1. The van der Waals surface area contributed by atoms with E-state index in [1.54, 1.807) is 6.07 Å². The third-order valence-corrected chi connectivity index (χ3v) is 3.00. The predicted octanol–water partition coefficient (Wildman–Crippen LogP) is 2.13. The van der Waals surface area contributed by atoms with Crippen LogP contribution in [0.3, 0.4) is 0 Å². The second kappa shape index (κ2) is 7.40. The Hall–Kier alpha value is -2.40. The van der Waals surface area contributed by atoms with Gasteiger partial charge < -0.3 is 15.6 Å². The van der Waals surface area contributed by atoms with Crippen LogP contribution in [0.2, 0.25) is 0 Å². The van der Waals surface area contributed by atoms with Gasteiger partial charge in [-0.15, -0.1) is 0 Å². The number of amides is 1. The van der Waals surface area contributed by atoms with Crippen molar-refractivity contribution in [2.75, 3.05) is 11.9 Å². The zero-order valence-electron chi connectivity index (χ0n) is 12.0. The lowest BCUT2D eigenvalue weighted by Gasteiger charge is -2.07. The van der Waals surface area contributed by atoms with E-state index in [2.05, 4.69) is 22.5 Å². The molecule has 0 fully saturated rings. The Morgan fingerprint density at radius 2 is 1.95 bits per heavy atom. The predicted molar refractivity (Wildman–Crippen MR) is 83.5 cm³/mol. The molecule has 0 aliphatic carbocycles. The highest BCUT2D eigenvalue weighted by Crippen LogP contribution is 2.11. The van der Waals surface area contributed by atoms with Crippen molar-refractivity contribution in [1.82, 2.24) is 10.3 Å². The average molecular weight is 285 g/mol. The second-order valence-electron chi connectivity index (χ2n) is 4.77. The first-order chi connectivity index (χ1) is 10.2. The molecule has 2 rings (SSSR count). The van der Waals surface area contributed by atoms with Crippen LogP contribution in [0, 0.1) is 0 Å². The molecule has 0 spiro atoms. The minimum absolute atomic E-state index is 0.292. The molecule has 21 heavy (non-hydrogen) atoms. The van der Waals surface area contributed by atoms with Gasteiger partial charge in [0, 0.05) is 30.1 Å². The molecule has 2 aromatic rings. The van der Waals surface area contributed by atoms with Crippen LogP contribution < -0.4 is 16.2 Å². The van der Waals surface area contributed by atoms with Crippen LogP contribution in [-0.2, 0) is 6.54 Å². The van der Waals surface area contributed by atoms with Gasteiger partial charge in [-0.05, 0) is 36.7 Å². The molecule has 0 radical (unpaired) electrons. The quantitative estimate of drug-likeness (QED) is 0.712. The molecule has 0 bridgehead atoms. The molecule has 1 amide bonds. The first-order valence-corrected chi connectivity index (χ1v) is 6.99. The number of nitrogens with one attached hydrogen (secondary N) is 3. The van der Waals surface area contributed by atoms with Crippen molar-refractivity contribution >= 4 is 11.6 Å². The average Bonchev–Trinajstić information content (AvgIpc) is 2.49. The summed E-state index contributed by atoms with van der Waals surface area (Å²) in [7, 11) is 0. The fraction of sp³-hybridized carbons (Fsp3) is 0.250. The molecule has 1 heterocycles. The molecule has 0 aliphatic heterocycles. The normalized spacial score (nSPS) is 10.3. The summed E-state index contributed by atoms with van der Waals surface area (Å²) in [4.78, 5) is 25.6. The first kappa shape index (κ1) is 15.0. The molecule has 1 aromatic carbocycles. The molecule has 0 saturated heterocycles. The van der Waals surface area contributed by atoms with Crippen LogP contribution in [0.25, 0.3) is 0 Å². The Bertz CT molecular complexity index is 647. The molecule has 0 saturated carbocycles. The van der Waals surface area contributed by atoms with E-state index in [9.17, 15) is 9.59 Å². The monoisotopic (exact) mass is 285 g/mol. The number of hydrogen-bond donors (Lipinski definition) is 3. The van der Waals surface area contributed by atoms with E-state index >= 15 is 0 Å². The van der Waals surface area contributed by atoms with Crippen molar-refractivity contribution < 1.29 is 4.79 Å². The highest BCUT2D eigenvalue weighted by atomic mass is 16.2. The first-order valence-electron chi connectivity index (χ1n) is 6.99. The second-order valence-corrected chi connectivity index (χ2v) is 4.77. The molecule has 3 N–H and O–H groups in total. The third kappa shape index (κ3) is 4.57. The zero-order valence-corrected chi connectivity index (χ0v) is 12.0. The van der Waals surface area contributed by atoms with E-state index < -0.39 is 0 Å². The maximum absolute atomic E-state index is 12.0. The van der Waals surface area contributed by atoms with Gasteiger partial charge in [-0.1, -0.05) is 19.1 Å². The molecule has 110 valence electrons. The number of anilines is 1. The Morgan fingerprint density at radius 3 is 2.62 bits per heavy atom. The summed E-state index contributed by atoms with van der Waals surface area (Å²) in [6, 6.07) is 10.5. The van der Waals surface area contributed by atoms with Gasteiger partial charge in [0.05, 0.1) is 0 Å². The van der Waals surface area contributed by atoms with E-state index in [0.717, 1.165) is 25.1 Å². The third-order valence-electron chi connectivity index (χ3n) is 3.00. The summed E-state index contributed by atoms with van der Waals surface area (Å²) < 4.78 is 0. The molecule has 0 atom stereocenters. The summed E-state index contributed by atoms with van der Waals surface area (Å²) in [5.41, 5.74) is 1.92. The minimum atomic E-state index is -0.294. The number of carbonyl (C=O) groups excluding carboxylic acids is 1. The van der Waals surface area contributed by atoms with Gasteiger partial charge in [0.2, 0.25) is 5.56 Å². The van der Waals surface area contributed by atoms with E-state index in [4.69, 9.17) is 0 Å². The van der Waals surface area contributed by atoms with Gasteiger partial charge in [0.15, 0.2) is 0 Å². The summed E-state index contributed by atoms with van der Waals surface area (Å²) in [6.07, 6.45) is 2.56. The molecule has 1 aromatic heterocycles. The lowest BCUT2D eigenvalue weighted by molar-refractivity contribution is 0.102. The minimum Gasteiger partial charge on any atom is -0.329 e. The van der Waals surface area contributed by atoms with Crippen LogP contribution in [0.15, 0.2) is 47.4 Å². The van der Waals surface area contributed by atoms with E-state index in [1.165, 1.54) is 12.3 Å². The lowest BCUT2D eigenvalue weighted by atomic mass is 10.2. The SMILES string of the molecule is CCCNCc1ccc(NC(=O)c2cc[nH]c(=O)c2)cc1. The van der Waals surface area contributed by atoms with Crippen LogP contribution in [0.5, 0.6) is 0 Å². The van der Waals surface area contributed by atoms with Crippen molar-refractivity contribution in [2.45, 2.75) is 19.9 Å². The smallest absolute Gasteiger partial charge is 0.255 e. The Labute approximate surface area is 123 Å². The van der Waals surface area contributed by atoms with E-state index in [-0.39, 0.29) is 11.5 Å². The number of hydrogen-bond acceptors (Lipinski definition) is 3. The number of H-pyrrole nitrogens is 1. The van der Waals surface area contributed by atoms with Gasteiger partial charge in [-0.3, -0.25) is 9.59 Å². The van der Waals surface area contributed by atoms with Crippen LogP contribution in [0.4, 0.5) is 5.69 Å². The number of benzene rings is 1. The van der Waals surface area contributed by atoms with Gasteiger partial charge in [-0.25, -0.2) is 0 Å². The highest BCUT2D eigenvalue weighted by molar-refractivity contribution is 6.04. The van der Waals surface area contributed by atoms with Crippen LogP contribution in [-0.4, -0.2) is 17.4 Å². The standard InChI is InChI=1S/C16H19N3O2/c1-2-8-17-11-12-3-5-14(6-4-12)19-16(21)13-7-9-18-15(20)10-13/h3-7,9-10,17H,2,8,11H2,1H3,(H,18,20)(H,19,21). The van der Waals surface area contributed by atoms with Crippen molar-refractivity contribution in [2.24, 2.45) is 0 Å². The summed E-state index contributed by atoms with van der Waals surface area (Å²) in [5.74, 6) is -0.294. The Kier molecular flexibility index (Phi) is 5.29. The number of carbonyl (C=O) groups is 1. The maximum atomic E-state index is 12.0. The maximum Gasteiger partial charge on any atom is 0.255 e. The van der Waals surface area contributed by atoms with Crippen molar-refractivity contribution in [3.05, 3.63) is 64.1 Å². The Morgan fingerprint density at radius 1 is 1.19 bits per heavy atom. The van der Waals surface area contributed by atoms with Crippen LogP contribution >= 0.6 is 0 Å². The molecule has 0 unspecified atom stereocenters. The van der Waals surface area contributed by atoms with Gasteiger partial charge in [0.1, 0.15) is 0 Å². The molecule has 5 nitrogen and oxygen atoms in total. The van der Waals surface area contributed by atoms with Gasteiger partial charge >= 0.3 is 0 Å². The number of rotatable bonds is 6. The van der Waals surface area contributed by atoms with Gasteiger partial charge in [-0.2, -0.15) is 0 Å². The molecule has 0 aliphatic rings. The molecular weight excluding hydrogens is 266 g/mol. The zero-order chi connectivity index (χ0) is 15.1. The number of aromatic nitrogens is 1. The molecule has 5 heteroatoms. The fourth-order valence-corrected chi connectivity index (χ4v) is 1.90. The van der Waals surface area contributed by atoms with Crippen molar-refractivity contribution in [1.29, 1.82) is 0 Å². The van der Waals surface area contributed by atoms with Crippen molar-refractivity contribution in [3.63, 3.8) is 0 Å². The topological polar surface area (TPSA) is 74.0 Å². The summed E-state index contributed by atoms with van der Waals surface area (Å²) in [6.45, 7) is 3.93. The summed E-state index contributed by atoms with van der Waals surface area (Å²) >= 11 is 0. The van der Waals surface area contributed by atoms with Crippen molar-refractivity contribution in [3.8, 4) is 0 Å². The molecular formula is C16H19N3O2.